The topological polar surface area (TPSA) is 20.2 Å². The Hall–Kier alpha value is -0.300. The molecule has 0 heterocycles. The van der Waals surface area contributed by atoms with E-state index in [1.54, 1.807) is 0 Å². The summed E-state index contributed by atoms with van der Waals surface area (Å²) in [6, 6.07) is 0. The van der Waals surface area contributed by atoms with Crippen molar-refractivity contribution < 1.29 is 5.11 Å². The molecule has 0 radical (unpaired) electrons. The Kier molecular flexibility index (Phi) is 6.29. The highest BCUT2D eigenvalue weighted by Crippen LogP contribution is 2.68. The maximum absolute atomic E-state index is 9.82. The molecule has 0 bridgehead atoms. The Morgan fingerprint density at radius 1 is 0.966 bits per heavy atom. The van der Waals surface area contributed by atoms with E-state index in [0.29, 0.717) is 10.8 Å². The van der Waals surface area contributed by atoms with Gasteiger partial charge in [0.1, 0.15) is 0 Å². The fourth-order valence-corrected chi connectivity index (χ4v) is 9.21. The Balaban J connectivity index is 1.48. The molecule has 0 aromatic rings. The van der Waals surface area contributed by atoms with E-state index in [1.165, 1.54) is 76.2 Å². The molecule has 1 heteroatoms. The lowest BCUT2D eigenvalue weighted by Crippen LogP contribution is -2.53. The van der Waals surface area contributed by atoms with Gasteiger partial charge in [-0.05, 0) is 109 Å². The summed E-state index contributed by atoms with van der Waals surface area (Å²) in [5.74, 6) is 6.44. The van der Waals surface area contributed by atoms with Gasteiger partial charge in [-0.1, -0.05) is 60.0 Å². The Morgan fingerprint density at radius 2 is 1.72 bits per heavy atom. The molecule has 0 aromatic carbocycles. The van der Waals surface area contributed by atoms with Gasteiger partial charge in [-0.3, -0.25) is 0 Å². The van der Waals surface area contributed by atoms with Crippen LogP contribution in [0.5, 0.6) is 0 Å². The molecule has 3 saturated carbocycles. The molecule has 3 fully saturated rings. The molecule has 0 aromatic heterocycles. The molecule has 0 spiro atoms. The highest BCUT2D eigenvalue weighted by Gasteiger charge is 2.60. The summed E-state index contributed by atoms with van der Waals surface area (Å²) in [6.07, 6.45) is 17.9. The van der Waals surface area contributed by atoms with Crippen molar-refractivity contribution in [3.05, 3.63) is 11.6 Å². The predicted molar refractivity (Wildman–Crippen MR) is 124 cm³/mol. The van der Waals surface area contributed by atoms with Crippen molar-refractivity contribution in [3.63, 3.8) is 0 Å². The van der Waals surface area contributed by atoms with E-state index in [-0.39, 0.29) is 6.61 Å². The summed E-state index contributed by atoms with van der Waals surface area (Å²) in [7, 11) is 0. The Bertz CT molecular complexity index is 605. The lowest BCUT2D eigenvalue weighted by Gasteiger charge is -2.60. The maximum atomic E-state index is 9.82. The summed E-state index contributed by atoms with van der Waals surface area (Å²) in [5, 5.41) is 9.82. The fraction of sp³-hybridized carbons (Fsp3) is 0.929. The summed E-state index contributed by atoms with van der Waals surface area (Å²) < 4.78 is 0. The van der Waals surface area contributed by atoms with Crippen LogP contribution in [0.1, 0.15) is 105 Å². The third-order valence-electron chi connectivity index (χ3n) is 10.8. The van der Waals surface area contributed by atoms with Gasteiger partial charge in [-0.15, -0.1) is 0 Å². The van der Waals surface area contributed by atoms with Gasteiger partial charge in [0.15, 0.2) is 0 Å². The Morgan fingerprint density at radius 3 is 2.45 bits per heavy atom. The SMILES string of the molecule is CC(C)CCC[C@@H](C)[C@H]1CC[C@H]2[C@@H]3CC[C@H]4CC=C(CO)C[C@]4(C)[C@H]3CC[C@]12C. The third-order valence-corrected chi connectivity index (χ3v) is 10.8. The van der Waals surface area contributed by atoms with Gasteiger partial charge in [0.25, 0.3) is 0 Å². The quantitative estimate of drug-likeness (QED) is 0.454. The number of aliphatic hydroxyl groups is 1. The number of hydrogen-bond acceptors (Lipinski definition) is 1. The van der Waals surface area contributed by atoms with Crippen LogP contribution in [0.15, 0.2) is 11.6 Å². The number of aliphatic hydroxyl groups excluding tert-OH is 1. The molecule has 166 valence electrons. The lowest BCUT2D eigenvalue weighted by molar-refractivity contribution is -0.103. The molecular formula is C28H48O. The minimum absolute atomic E-state index is 0.288. The largest absolute Gasteiger partial charge is 0.392 e. The van der Waals surface area contributed by atoms with E-state index >= 15 is 0 Å². The van der Waals surface area contributed by atoms with E-state index in [4.69, 9.17) is 0 Å². The van der Waals surface area contributed by atoms with Gasteiger partial charge in [-0.2, -0.15) is 0 Å². The number of fused-ring (bicyclic) bond motifs is 5. The highest BCUT2D eigenvalue weighted by atomic mass is 16.3. The molecule has 0 unspecified atom stereocenters. The molecule has 4 rings (SSSR count). The lowest BCUT2D eigenvalue weighted by atomic mass is 9.44. The van der Waals surface area contributed by atoms with Crippen LogP contribution in [0.4, 0.5) is 0 Å². The first-order valence-electron chi connectivity index (χ1n) is 13.1. The van der Waals surface area contributed by atoms with Crippen LogP contribution in [0.3, 0.4) is 0 Å². The second-order valence-corrected chi connectivity index (χ2v) is 12.6. The molecule has 1 N–H and O–H groups in total. The number of rotatable bonds is 6. The van der Waals surface area contributed by atoms with E-state index in [1.807, 2.05) is 0 Å². The first-order chi connectivity index (χ1) is 13.8. The van der Waals surface area contributed by atoms with E-state index in [9.17, 15) is 5.11 Å². The van der Waals surface area contributed by atoms with Gasteiger partial charge < -0.3 is 5.11 Å². The molecule has 4 aliphatic rings. The second kappa shape index (κ2) is 8.33. The van der Waals surface area contributed by atoms with Gasteiger partial charge in [0, 0.05) is 0 Å². The number of hydrogen-bond donors (Lipinski definition) is 1. The van der Waals surface area contributed by atoms with Crippen LogP contribution in [0, 0.1) is 52.3 Å². The zero-order chi connectivity index (χ0) is 20.8. The maximum Gasteiger partial charge on any atom is 0.0641 e. The molecule has 1 nitrogen and oxygen atoms in total. The molecular weight excluding hydrogens is 352 g/mol. The van der Waals surface area contributed by atoms with Crippen LogP contribution < -0.4 is 0 Å². The first kappa shape index (κ1) is 21.9. The molecule has 0 aliphatic heterocycles. The summed E-state index contributed by atoms with van der Waals surface area (Å²) in [4.78, 5) is 0. The molecule has 0 amide bonds. The average Bonchev–Trinajstić information content (AvgIpc) is 3.04. The average molecular weight is 401 g/mol. The van der Waals surface area contributed by atoms with Crippen molar-refractivity contribution >= 4 is 0 Å². The third kappa shape index (κ3) is 3.77. The van der Waals surface area contributed by atoms with Crippen molar-refractivity contribution in [1.29, 1.82) is 0 Å². The number of allylic oxidation sites excluding steroid dienone is 1. The van der Waals surface area contributed by atoms with Crippen molar-refractivity contribution in [3.8, 4) is 0 Å². The van der Waals surface area contributed by atoms with Crippen molar-refractivity contribution in [1.82, 2.24) is 0 Å². The van der Waals surface area contributed by atoms with Gasteiger partial charge >= 0.3 is 0 Å². The van der Waals surface area contributed by atoms with Crippen molar-refractivity contribution in [2.24, 2.45) is 52.3 Å². The van der Waals surface area contributed by atoms with Crippen molar-refractivity contribution in [2.45, 2.75) is 105 Å². The first-order valence-corrected chi connectivity index (χ1v) is 13.1. The van der Waals surface area contributed by atoms with Crippen LogP contribution >= 0.6 is 0 Å². The minimum Gasteiger partial charge on any atom is -0.392 e. The van der Waals surface area contributed by atoms with E-state index in [2.05, 4.69) is 40.7 Å². The van der Waals surface area contributed by atoms with E-state index in [0.717, 1.165) is 41.4 Å². The van der Waals surface area contributed by atoms with Gasteiger partial charge in [0.05, 0.1) is 6.61 Å². The van der Waals surface area contributed by atoms with Crippen LogP contribution in [-0.4, -0.2) is 11.7 Å². The van der Waals surface area contributed by atoms with E-state index < -0.39 is 0 Å². The molecule has 8 atom stereocenters. The summed E-state index contributed by atoms with van der Waals surface area (Å²) in [6.45, 7) is 12.9. The molecule has 29 heavy (non-hydrogen) atoms. The summed E-state index contributed by atoms with van der Waals surface area (Å²) >= 11 is 0. The van der Waals surface area contributed by atoms with Crippen LogP contribution in [0.2, 0.25) is 0 Å². The highest BCUT2D eigenvalue weighted by molar-refractivity contribution is 5.17. The van der Waals surface area contributed by atoms with Crippen molar-refractivity contribution in [2.75, 3.05) is 6.61 Å². The monoisotopic (exact) mass is 400 g/mol. The second-order valence-electron chi connectivity index (χ2n) is 12.6. The predicted octanol–water partition coefficient (Wildman–Crippen LogP) is 7.64. The minimum atomic E-state index is 0.288. The fourth-order valence-electron chi connectivity index (χ4n) is 9.21. The summed E-state index contributed by atoms with van der Waals surface area (Å²) in [5.41, 5.74) is 2.39. The Labute approximate surface area is 181 Å². The van der Waals surface area contributed by atoms with Gasteiger partial charge in [-0.25, -0.2) is 0 Å². The normalized spacial score (nSPS) is 45.3. The van der Waals surface area contributed by atoms with Crippen LogP contribution in [-0.2, 0) is 0 Å². The standard InChI is InChI=1S/C28H48O/c1-19(2)7-6-8-20(3)24-13-14-25-23-12-11-22-10-9-21(18-29)17-28(22,5)26(23)15-16-27(24,25)4/h9,19-20,22-26,29H,6-8,10-18H2,1-5H3/t20-,22-,23+,24-,25+,26+,27-,28+/m1/s1. The smallest absolute Gasteiger partial charge is 0.0641 e. The van der Waals surface area contributed by atoms with Gasteiger partial charge in [0.2, 0.25) is 0 Å². The van der Waals surface area contributed by atoms with Crippen LogP contribution in [0.25, 0.3) is 0 Å². The zero-order valence-electron chi connectivity index (χ0n) is 20.1. The molecule has 0 saturated heterocycles. The molecule has 4 aliphatic carbocycles. The zero-order valence-corrected chi connectivity index (χ0v) is 20.1.